The van der Waals surface area contributed by atoms with Crippen molar-refractivity contribution in [1.29, 1.82) is 0 Å². The van der Waals surface area contributed by atoms with Crippen molar-refractivity contribution in [2.75, 3.05) is 20.8 Å². The molecule has 0 spiro atoms. The molecule has 7 nitrogen and oxygen atoms in total. The highest BCUT2D eigenvalue weighted by atomic mass is 16.5. The molecule has 1 aromatic carbocycles. The average molecular weight is 305 g/mol. The third kappa shape index (κ3) is 3.97. The van der Waals surface area contributed by atoms with Crippen molar-refractivity contribution >= 4 is 17.5 Å². The zero-order valence-corrected chi connectivity index (χ0v) is 12.6. The van der Waals surface area contributed by atoms with E-state index in [4.69, 9.17) is 9.47 Å². The lowest BCUT2D eigenvalue weighted by molar-refractivity contribution is -0.121. The van der Waals surface area contributed by atoms with Crippen LogP contribution in [0.15, 0.2) is 23.3 Å². The second kappa shape index (κ2) is 7.44. The topological polar surface area (TPSA) is 89.0 Å². The number of carbonyl (C=O) groups excluding carboxylic acids is 2. The van der Waals surface area contributed by atoms with Gasteiger partial charge in [0.1, 0.15) is 17.2 Å². The molecule has 1 aromatic rings. The number of amides is 2. The van der Waals surface area contributed by atoms with Crippen LogP contribution in [-0.2, 0) is 16.0 Å². The average Bonchev–Trinajstić information content (AvgIpc) is 2.55. The fourth-order valence-corrected chi connectivity index (χ4v) is 2.11. The Bertz CT molecular complexity index is 598. The Hall–Kier alpha value is -2.57. The largest absolute Gasteiger partial charge is 0.497 e. The van der Waals surface area contributed by atoms with Gasteiger partial charge in [-0.15, -0.1) is 0 Å². The SMILES string of the molecule is COc1ccc(CCNC(=O)C2=NNC(=O)CC2)c(OC)c1. The Balaban J connectivity index is 1.88. The predicted octanol–water partition coefficient (Wildman–Crippen LogP) is 0.628. The lowest BCUT2D eigenvalue weighted by Gasteiger charge is -2.13. The zero-order valence-electron chi connectivity index (χ0n) is 12.6. The van der Waals surface area contributed by atoms with Crippen molar-refractivity contribution in [3.63, 3.8) is 0 Å². The molecule has 2 rings (SSSR count). The van der Waals surface area contributed by atoms with E-state index < -0.39 is 0 Å². The second-order valence-electron chi connectivity index (χ2n) is 4.78. The molecule has 0 aliphatic carbocycles. The molecule has 7 heteroatoms. The number of nitrogens with one attached hydrogen (secondary N) is 2. The number of rotatable bonds is 6. The predicted molar refractivity (Wildman–Crippen MR) is 81.1 cm³/mol. The van der Waals surface area contributed by atoms with Gasteiger partial charge < -0.3 is 14.8 Å². The molecule has 1 heterocycles. The minimum Gasteiger partial charge on any atom is -0.497 e. The van der Waals surface area contributed by atoms with E-state index in [9.17, 15) is 9.59 Å². The van der Waals surface area contributed by atoms with E-state index in [1.54, 1.807) is 20.3 Å². The third-order valence-corrected chi connectivity index (χ3v) is 3.34. The summed E-state index contributed by atoms with van der Waals surface area (Å²) in [7, 11) is 3.19. The Morgan fingerprint density at radius 1 is 1.32 bits per heavy atom. The molecule has 0 aromatic heterocycles. The molecule has 2 N–H and O–H groups in total. The molecule has 1 aliphatic rings. The number of ether oxygens (including phenoxy) is 2. The first kappa shape index (κ1) is 15.8. The molecule has 0 saturated heterocycles. The van der Waals surface area contributed by atoms with Crippen LogP contribution in [0.4, 0.5) is 0 Å². The lowest BCUT2D eigenvalue weighted by Crippen LogP contribution is -2.37. The van der Waals surface area contributed by atoms with Crippen LogP contribution >= 0.6 is 0 Å². The first-order valence-electron chi connectivity index (χ1n) is 6.98. The first-order valence-corrected chi connectivity index (χ1v) is 6.98. The van der Waals surface area contributed by atoms with Crippen LogP contribution in [0, 0.1) is 0 Å². The van der Waals surface area contributed by atoms with E-state index in [-0.39, 0.29) is 11.8 Å². The normalized spacial score (nSPS) is 13.9. The summed E-state index contributed by atoms with van der Waals surface area (Å²) >= 11 is 0. The lowest BCUT2D eigenvalue weighted by atomic mass is 10.1. The molecule has 0 saturated carbocycles. The zero-order chi connectivity index (χ0) is 15.9. The van der Waals surface area contributed by atoms with E-state index in [0.29, 0.717) is 31.5 Å². The van der Waals surface area contributed by atoms with Crippen LogP contribution in [0.3, 0.4) is 0 Å². The highest BCUT2D eigenvalue weighted by molar-refractivity contribution is 6.39. The van der Waals surface area contributed by atoms with Gasteiger partial charge in [0.25, 0.3) is 5.91 Å². The molecule has 0 bridgehead atoms. The van der Waals surface area contributed by atoms with E-state index in [1.165, 1.54) is 0 Å². The highest BCUT2D eigenvalue weighted by Gasteiger charge is 2.17. The van der Waals surface area contributed by atoms with E-state index in [2.05, 4.69) is 15.8 Å². The molecule has 0 unspecified atom stereocenters. The molecular weight excluding hydrogens is 286 g/mol. The summed E-state index contributed by atoms with van der Waals surface area (Å²) in [4.78, 5) is 22.9. The summed E-state index contributed by atoms with van der Waals surface area (Å²) in [5.74, 6) is 1.01. The fourth-order valence-electron chi connectivity index (χ4n) is 2.11. The third-order valence-electron chi connectivity index (χ3n) is 3.34. The quantitative estimate of drug-likeness (QED) is 0.806. The monoisotopic (exact) mass is 305 g/mol. The summed E-state index contributed by atoms with van der Waals surface area (Å²) in [6.45, 7) is 0.453. The molecule has 22 heavy (non-hydrogen) atoms. The molecular formula is C15H19N3O4. The van der Waals surface area contributed by atoms with Gasteiger partial charge in [-0.3, -0.25) is 9.59 Å². The van der Waals surface area contributed by atoms with Gasteiger partial charge >= 0.3 is 0 Å². The minimum atomic E-state index is -0.257. The number of benzene rings is 1. The van der Waals surface area contributed by atoms with Crippen molar-refractivity contribution in [2.45, 2.75) is 19.3 Å². The molecule has 0 radical (unpaired) electrons. The molecule has 0 fully saturated rings. The number of hydrazone groups is 1. The smallest absolute Gasteiger partial charge is 0.267 e. The van der Waals surface area contributed by atoms with Crippen LogP contribution in [-0.4, -0.2) is 38.3 Å². The molecule has 1 aliphatic heterocycles. The number of nitrogens with zero attached hydrogens (tertiary/aromatic N) is 1. The van der Waals surface area contributed by atoms with Crippen LogP contribution in [0.1, 0.15) is 18.4 Å². The van der Waals surface area contributed by atoms with Crippen LogP contribution in [0.5, 0.6) is 11.5 Å². The summed E-state index contributed by atoms with van der Waals surface area (Å²) in [6, 6.07) is 5.56. The van der Waals surface area contributed by atoms with Gasteiger partial charge in [-0.1, -0.05) is 6.07 Å². The highest BCUT2D eigenvalue weighted by Crippen LogP contribution is 2.24. The van der Waals surface area contributed by atoms with Crippen LogP contribution in [0.2, 0.25) is 0 Å². The summed E-state index contributed by atoms with van der Waals surface area (Å²) in [5, 5.41) is 6.54. The minimum absolute atomic E-state index is 0.167. The fraction of sp³-hybridized carbons (Fsp3) is 0.400. The van der Waals surface area contributed by atoms with Gasteiger partial charge in [-0.25, -0.2) is 5.43 Å². The molecule has 118 valence electrons. The number of carbonyl (C=O) groups is 2. The maximum absolute atomic E-state index is 11.9. The Morgan fingerprint density at radius 3 is 2.77 bits per heavy atom. The standard InChI is InChI=1S/C15H19N3O4/c1-21-11-4-3-10(13(9-11)22-2)7-8-16-15(20)12-5-6-14(19)18-17-12/h3-4,9H,5-8H2,1-2H3,(H,16,20)(H,18,19). The van der Waals surface area contributed by atoms with E-state index in [1.807, 2.05) is 12.1 Å². The van der Waals surface area contributed by atoms with Crippen LogP contribution in [0.25, 0.3) is 0 Å². The maximum Gasteiger partial charge on any atom is 0.267 e. The second-order valence-corrected chi connectivity index (χ2v) is 4.78. The van der Waals surface area contributed by atoms with Gasteiger partial charge in [0, 0.05) is 25.5 Å². The first-order chi connectivity index (χ1) is 10.6. The molecule has 0 atom stereocenters. The Kier molecular flexibility index (Phi) is 5.35. The van der Waals surface area contributed by atoms with Crippen molar-refractivity contribution in [3.05, 3.63) is 23.8 Å². The van der Waals surface area contributed by atoms with Crippen molar-refractivity contribution in [1.82, 2.24) is 10.7 Å². The van der Waals surface area contributed by atoms with Crippen molar-refractivity contribution in [3.8, 4) is 11.5 Å². The number of hydrogen-bond donors (Lipinski definition) is 2. The van der Waals surface area contributed by atoms with Gasteiger partial charge in [0.15, 0.2) is 0 Å². The Labute approximate surface area is 128 Å². The van der Waals surface area contributed by atoms with Crippen molar-refractivity contribution in [2.24, 2.45) is 5.10 Å². The van der Waals surface area contributed by atoms with Crippen molar-refractivity contribution < 1.29 is 19.1 Å². The summed E-state index contributed by atoms with van der Waals surface area (Å²) in [6.07, 6.45) is 1.28. The number of hydrogen-bond acceptors (Lipinski definition) is 5. The maximum atomic E-state index is 11.9. The summed E-state index contributed by atoms with van der Waals surface area (Å²) < 4.78 is 10.5. The van der Waals surface area contributed by atoms with Crippen LogP contribution < -0.4 is 20.2 Å². The number of methoxy groups -OCH3 is 2. The van der Waals surface area contributed by atoms with Gasteiger partial charge in [0.2, 0.25) is 5.91 Å². The van der Waals surface area contributed by atoms with E-state index >= 15 is 0 Å². The van der Waals surface area contributed by atoms with Gasteiger partial charge in [0.05, 0.1) is 14.2 Å². The Morgan fingerprint density at radius 2 is 2.14 bits per heavy atom. The van der Waals surface area contributed by atoms with Gasteiger partial charge in [-0.2, -0.15) is 5.10 Å². The van der Waals surface area contributed by atoms with E-state index in [0.717, 1.165) is 17.1 Å². The molecule has 2 amide bonds. The van der Waals surface area contributed by atoms with Gasteiger partial charge in [-0.05, 0) is 18.1 Å². The summed E-state index contributed by atoms with van der Waals surface area (Å²) in [5.41, 5.74) is 3.63.